The maximum Gasteiger partial charge on any atom is 0.251 e. The van der Waals surface area contributed by atoms with Crippen molar-refractivity contribution in [3.63, 3.8) is 0 Å². The Kier molecular flexibility index (Phi) is 5.80. The number of sulfonamides is 1. The van der Waals surface area contributed by atoms with E-state index in [1.807, 2.05) is 0 Å². The number of carbonyl (C=O) groups is 1. The molecule has 0 aromatic heterocycles. The normalized spacial score (nSPS) is 21.4. The van der Waals surface area contributed by atoms with Crippen molar-refractivity contribution in [2.45, 2.75) is 43.5 Å². The van der Waals surface area contributed by atoms with Gasteiger partial charge in [0.1, 0.15) is 0 Å². The lowest BCUT2D eigenvalue weighted by atomic mass is 9.86. The summed E-state index contributed by atoms with van der Waals surface area (Å²) in [5.74, 6) is 2.42. The van der Waals surface area contributed by atoms with Crippen molar-refractivity contribution in [2.24, 2.45) is 5.92 Å². The molecule has 1 fully saturated rings. The van der Waals surface area contributed by atoms with Gasteiger partial charge in [0.15, 0.2) is 0 Å². The standard InChI is InChI=1S/C17H22N2O3S/c1-3-11-18-23(21,22)15-9-6-8-14(12-15)17(20)19-16-10-5-4-7-13(16)2/h1,6,8-9,12-13,16,18H,4-5,7,10-11H2,2H3,(H,19,20)/t13-,16+/m1/s1. The fraction of sp³-hybridized carbons (Fsp3) is 0.471. The van der Waals surface area contributed by atoms with E-state index in [9.17, 15) is 13.2 Å². The predicted octanol–water partition coefficient (Wildman–Crippen LogP) is 1.91. The monoisotopic (exact) mass is 334 g/mol. The van der Waals surface area contributed by atoms with E-state index >= 15 is 0 Å². The summed E-state index contributed by atoms with van der Waals surface area (Å²) >= 11 is 0. The Balaban J connectivity index is 2.13. The molecule has 124 valence electrons. The second-order valence-electron chi connectivity index (χ2n) is 5.90. The van der Waals surface area contributed by atoms with E-state index in [-0.39, 0.29) is 23.4 Å². The number of terminal acetylenes is 1. The summed E-state index contributed by atoms with van der Waals surface area (Å²) in [6.07, 6.45) is 9.45. The smallest absolute Gasteiger partial charge is 0.251 e. The molecule has 0 heterocycles. The SMILES string of the molecule is C#CCNS(=O)(=O)c1cccc(C(=O)N[C@H]2CCCC[C@H]2C)c1. The van der Waals surface area contributed by atoms with Crippen LogP contribution in [0.1, 0.15) is 43.0 Å². The van der Waals surface area contributed by atoms with E-state index in [2.05, 4.69) is 22.9 Å². The van der Waals surface area contributed by atoms with Crippen LogP contribution in [0, 0.1) is 18.3 Å². The Hall–Kier alpha value is -1.84. The lowest BCUT2D eigenvalue weighted by Gasteiger charge is -2.29. The summed E-state index contributed by atoms with van der Waals surface area (Å²) < 4.78 is 26.4. The number of nitrogens with one attached hydrogen (secondary N) is 2. The zero-order valence-electron chi connectivity index (χ0n) is 13.2. The molecule has 6 heteroatoms. The molecule has 2 rings (SSSR count). The van der Waals surface area contributed by atoms with Gasteiger partial charge in [-0.25, -0.2) is 8.42 Å². The summed E-state index contributed by atoms with van der Waals surface area (Å²) in [6, 6.07) is 6.14. The summed E-state index contributed by atoms with van der Waals surface area (Å²) in [5.41, 5.74) is 0.339. The molecule has 0 bridgehead atoms. The van der Waals surface area contributed by atoms with E-state index in [1.54, 1.807) is 12.1 Å². The average molecular weight is 334 g/mol. The van der Waals surface area contributed by atoms with Gasteiger partial charge in [0.05, 0.1) is 11.4 Å². The summed E-state index contributed by atoms with van der Waals surface area (Å²) in [6.45, 7) is 2.05. The highest BCUT2D eigenvalue weighted by Gasteiger charge is 2.23. The van der Waals surface area contributed by atoms with Crippen LogP contribution in [0.2, 0.25) is 0 Å². The first-order chi connectivity index (χ1) is 10.9. The highest BCUT2D eigenvalue weighted by atomic mass is 32.2. The molecular formula is C17H22N2O3S. The lowest BCUT2D eigenvalue weighted by Crippen LogP contribution is -2.41. The highest BCUT2D eigenvalue weighted by Crippen LogP contribution is 2.24. The topological polar surface area (TPSA) is 75.3 Å². The fourth-order valence-electron chi connectivity index (χ4n) is 2.81. The van der Waals surface area contributed by atoms with Crippen LogP contribution in [-0.2, 0) is 10.0 Å². The van der Waals surface area contributed by atoms with Crippen molar-refractivity contribution >= 4 is 15.9 Å². The molecule has 0 unspecified atom stereocenters. The van der Waals surface area contributed by atoms with Gasteiger partial charge >= 0.3 is 0 Å². The molecule has 1 aliphatic rings. The van der Waals surface area contributed by atoms with Crippen LogP contribution in [0.3, 0.4) is 0 Å². The maximum absolute atomic E-state index is 12.4. The average Bonchev–Trinajstić information content (AvgIpc) is 2.55. The van der Waals surface area contributed by atoms with Crippen molar-refractivity contribution in [1.29, 1.82) is 0 Å². The fourth-order valence-corrected chi connectivity index (χ4v) is 3.79. The molecule has 2 atom stereocenters. The van der Waals surface area contributed by atoms with Crippen LogP contribution in [0.4, 0.5) is 0 Å². The van der Waals surface area contributed by atoms with Gasteiger partial charge in [-0.05, 0) is 37.0 Å². The van der Waals surface area contributed by atoms with Crippen LogP contribution >= 0.6 is 0 Å². The molecule has 5 nitrogen and oxygen atoms in total. The molecule has 23 heavy (non-hydrogen) atoms. The second kappa shape index (κ2) is 7.62. The lowest BCUT2D eigenvalue weighted by molar-refractivity contribution is 0.0910. The van der Waals surface area contributed by atoms with Crippen molar-refractivity contribution in [2.75, 3.05) is 6.54 Å². The zero-order chi connectivity index (χ0) is 16.9. The van der Waals surface area contributed by atoms with Crippen molar-refractivity contribution in [1.82, 2.24) is 10.0 Å². The minimum absolute atomic E-state index is 0.0390. The number of carbonyl (C=O) groups excluding carboxylic acids is 1. The Morgan fingerprint density at radius 2 is 2.09 bits per heavy atom. The summed E-state index contributed by atoms with van der Waals surface area (Å²) in [4.78, 5) is 12.4. The van der Waals surface area contributed by atoms with Gasteiger partial charge in [-0.1, -0.05) is 31.8 Å². The van der Waals surface area contributed by atoms with Crippen LogP contribution in [-0.4, -0.2) is 26.9 Å². The molecule has 1 amide bonds. The number of rotatable bonds is 5. The van der Waals surface area contributed by atoms with Crippen molar-refractivity contribution in [3.8, 4) is 12.3 Å². The molecule has 0 aliphatic heterocycles. The van der Waals surface area contributed by atoms with Gasteiger partial charge in [0.25, 0.3) is 5.91 Å². The van der Waals surface area contributed by atoms with Gasteiger partial charge in [0, 0.05) is 11.6 Å². The molecule has 0 spiro atoms. The van der Waals surface area contributed by atoms with Crippen LogP contribution in [0.15, 0.2) is 29.2 Å². The first kappa shape index (κ1) is 17.5. The van der Waals surface area contributed by atoms with E-state index < -0.39 is 10.0 Å². The summed E-state index contributed by atoms with van der Waals surface area (Å²) in [5, 5.41) is 3.02. The number of amides is 1. The third kappa shape index (κ3) is 4.57. The van der Waals surface area contributed by atoms with Gasteiger partial charge in [-0.3, -0.25) is 4.79 Å². The van der Waals surface area contributed by atoms with Crippen molar-refractivity contribution in [3.05, 3.63) is 29.8 Å². The van der Waals surface area contributed by atoms with Gasteiger partial charge in [0.2, 0.25) is 10.0 Å². The minimum Gasteiger partial charge on any atom is -0.349 e. The Morgan fingerprint density at radius 1 is 1.35 bits per heavy atom. The predicted molar refractivity (Wildman–Crippen MR) is 89.3 cm³/mol. The Morgan fingerprint density at radius 3 is 2.78 bits per heavy atom. The van der Waals surface area contributed by atoms with Crippen molar-refractivity contribution < 1.29 is 13.2 Å². The Labute approximate surface area is 137 Å². The molecule has 1 aliphatic carbocycles. The van der Waals surface area contributed by atoms with Gasteiger partial charge < -0.3 is 5.32 Å². The minimum atomic E-state index is -3.69. The Bertz CT molecular complexity index is 707. The third-order valence-electron chi connectivity index (χ3n) is 4.20. The number of hydrogen-bond donors (Lipinski definition) is 2. The largest absolute Gasteiger partial charge is 0.349 e. The first-order valence-corrected chi connectivity index (χ1v) is 9.26. The molecule has 2 N–H and O–H groups in total. The first-order valence-electron chi connectivity index (χ1n) is 7.78. The highest BCUT2D eigenvalue weighted by molar-refractivity contribution is 7.89. The van der Waals surface area contributed by atoms with Crippen LogP contribution in [0.5, 0.6) is 0 Å². The molecule has 1 saturated carbocycles. The number of hydrogen-bond acceptors (Lipinski definition) is 3. The maximum atomic E-state index is 12.4. The van der Waals surface area contributed by atoms with Crippen LogP contribution in [0.25, 0.3) is 0 Å². The molecule has 0 radical (unpaired) electrons. The molecule has 1 aromatic carbocycles. The molecular weight excluding hydrogens is 312 g/mol. The molecule has 0 saturated heterocycles. The quantitative estimate of drug-likeness (QED) is 0.808. The van der Waals surface area contributed by atoms with E-state index in [1.165, 1.54) is 18.6 Å². The summed E-state index contributed by atoms with van der Waals surface area (Å²) in [7, 11) is -3.69. The second-order valence-corrected chi connectivity index (χ2v) is 7.67. The van der Waals surface area contributed by atoms with E-state index in [0.29, 0.717) is 11.5 Å². The third-order valence-corrected chi connectivity index (χ3v) is 5.60. The van der Waals surface area contributed by atoms with Crippen LogP contribution < -0.4 is 10.0 Å². The number of benzene rings is 1. The molecule has 1 aromatic rings. The zero-order valence-corrected chi connectivity index (χ0v) is 14.0. The van der Waals surface area contributed by atoms with E-state index in [0.717, 1.165) is 19.3 Å². The van der Waals surface area contributed by atoms with Gasteiger partial charge in [-0.15, -0.1) is 6.42 Å². The van der Waals surface area contributed by atoms with Gasteiger partial charge in [-0.2, -0.15) is 4.72 Å². The van der Waals surface area contributed by atoms with E-state index in [4.69, 9.17) is 6.42 Å².